The number of nitrogens with zero attached hydrogens (tertiary/aromatic N) is 3. The number of carbonyl (C=O) groups is 2. The van der Waals surface area contributed by atoms with Crippen LogP contribution in [-0.4, -0.2) is 63.1 Å². The number of non-ortho nitro benzene ring substituents is 1. The Bertz CT molecular complexity index is 1360. The number of carbonyl (C=O) groups excluding carboxylic acids is 2. The molecule has 222 valence electrons. The Kier molecular flexibility index (Phi) is 7.37. The van der Waals surface area contributed by atoms with Crippen molar-refractivity contribution >= 4 is 33.5 Å². The van der Waals surface area contributed by atoms with E-state index in [2.05, 4.69) is 0 Å². The maximum absolute atomic E-state index is 14.5. The first kappa shape index (κ1) is 31.3. The normalized spacial score (nSPS) is 24.7. The Balaban J connectivity index is 2.43. The fourth-order valence-corrected chi connectivity index (χ4v) is 7.34. The molecule has 0 fully saturated rings. The first-order valence-electron chi connectivity index (χ1n) is 12.9. The number of ether oxygens (including phenoxy) is 3. The van der Waals surface area contributed by atoms with Crippen LogP contribution in [0.25, 0.3) is 0 Å². The quantitative estimate of drug-likeness (QED) is 0.308. The molecule has 2 atom stereocenters. The first-order valence-corrected chi connectivity index (χ1v) is 14.4. The van der Waals surface area contributed by atoms with E-state index in [1.165, 1.54) is 39.0 Å². The molecule has 0 bridgehead atoms. The predicted molar refractivity (Wildman–Crippen MR) is 148 cm³/mol. The van der Waals surface area contributed by atoms with Gasteiger partial charge in [0.1, 0.15) is 38.7 Å². The summed E-state index contributed by atoms with van der Waals surface area (Å²) in [4.78, 5) is 43.5. The van der Waals surface area contributed by atoms with Crippen LogP contribution in [0.3, 0.4) is 0 Å². The summed E-state index contributed by atoms with van der Waals surface area (Å²) in [5.41, 5.74) is -4.94. The Labute approximate surface area is 235 Å². The molecule has 1 aromatic carbocycles. The van der Waals surface area contributed by atoms with Crippen molar-refractivity contribution in [1.82, 2.24) is 4.90 Å². The lowest BCUT2D eigenvalue weighted by Crippen LogP contribution is -2.64. The summed E-state index contributed by atoms with van der Waals surface area (Å²) >= 11 is 0. The fourth-order valence-electron chi connectivity index (χ4n) is 4.84. The van der Waals surface area contributed by atoms with Crippen LogP contribution in [0.2, 0.25) is 0 Å². The smallest absolute Gasteiger partial charge is 0.425 e. The van der Waals surface area contributed by atoms with Crippen LogP contribution in [0.5, 0.6) is 5.75 Å². The summed E-state index contributed by atoms with van der Waals surface area (Å²) in [6.07, 6.45) is -2.36. The van der Waals surface area contributed by atoms with Crippen molar-refractivity contribution in [3.63, 3.8) is 0 Å². The highest BCUT2D eigenvalue weighted by Crippen LogP contribution is 2.52. The molecule has 13 heteroatoms. The largest absolute Gasteiger partial charge is 0.487 e. The van der Waals surface area contributed by atoms with Crippen molar-refractivity contribution < 1.29 is 37.1 Å². The summed E-state index contributed by atoms with van der Waals surface area (Å²) in [6.45, 7) is 17.3. The van der Waals surface area contributed by atoms with Gasteiger partial charge in [0.15, 0.2) is 9.84 Å². The number of hydrogen-bond donors (Lipinski definition) is 0. The van der Waals surface area contributed by atoms with Crippen LogP contribution in [0.1, 0.15) is 88.1 Å². The number of nitro benzene ring substituents is 1. The number of hydrogen-bond acceptors (Lipinski definition) is 10. The second-order valence-electron chi connectivity index (χ2n) is 13.4. The van der Waals surface area contributed by atoms with E-state index in [9.17, 15) is 28.1 Å². The van der Waals surface area contributed by atoms with Crippen LogP contribution in [0.15, 0.2) is 23.2 Å². The van der Waals surface area contributed by atoms with Crippen LogP contribution in [0, 0.1) is 10.1 Å². The fraction of sp³-hybridized carbons (Fsp3) is 0.667. The van der Waals surface area contributed by atoms with Gasteiger partial charge in [0.05, 0.1) is 10.2 Å². The third-order valence-corrected chi connectivity index (χ3v) is 9.72. The van der Waals surface area contributed by atoms with Crippen LogP contribution >= 0.6 is 0 Å². The molecule has 2 heterocycles. The average molecular weight is 582 g/mol. The number of amidine groups is 1. The molecule has 0 radical (unpaired) electrons. The molecule has 0 spiro atoms. The Morgan fingerprint density at radius 2 is 1.52 bits per heavy atom. The summed E-state index contributed by atoms with van der Waals surface area (Å²) in [5.74, 6) is -0.216. The van der Waals surface area contributed by atoms with Crippen LogP contribution in [-0.2, 0) is 24.8 Å². The van der Waals surface area contributed by atoms with E-state index in [-0.39, 0.29) is 23.4 Å². The van der Waals surface area contributed by atoms with E-state index >= 15 is 0 Å². The zero-order valence-electron chi connectivity index (χ0n) is 24.9. The van der Waals surface area contributed by atoms with E-state index in [1.54, 1.807) is 55.4 Å². The minimum absolute atomic E-state index is 0.0204. The third kappa shape index (κ3) is 5.65. The Morgan fingerprint density at radius 1 is 1.02 bits per heavy atom. The average Bonchev–Trinajstić information content (AvgIpc) is 2.81. The highest BCUT2D eigenvalue weighted by Gasteiger charge is 2.62. The molecule has 0 saturated heterocycles. The van der Waals surface area contributed by atoms with Crippen molar-refractivity contribution in [3.8, 4) is 5.75 Å². The second kappa shape index (κ2) is 9.42. The standard InChI is InChI=1S/C27H39N3O9S/c1-23(2,3)38-21(31)29(22(32)39-24(4,5)6)20-26(9,10)40(35,36)19-15-25(7,8)37-18-13-12-16(30(33)34)14-17(18)27(19,11)28-20/h12-14,19H,15H2,1-11H3/t19-,27-/m1/s1. The summed E-state index contributed by atoms with van der Waals surface area (Å²) in [7, 11) is -4.28. The number of rotatable bonds is 1. The lowest BCUT2D eigenvalue weighted by Gasteiger charge is -2.46. The van der Waals surface area contributed by atoms with Gasteiger partial charge in [-0.2, -0.15) is 4.90 Å². The number of imide groups is 1. The summed E-state index contributed by atoms with van der Waals surface area (Å²) in [6, 6.07) is 3.89. The molecule has 3 rings (SSSR count). The van der Waals surface area contributed by atoms with Crippen molar-refractivity contribution in [1.29, 1.82) is 0 Å². The zero-order valence-corrected chi connectivity index (χ0v) is 25.8. The second-order valence-corrected chi connectivity index (χ2v) is 16.1. The van der Waals surface area contributed by atoms with E-state index in [1.807, 2.05) is 0 Å². The number of fused-ring (bicyclic) bond motifs is 3. The molecule has 0 aliphatic carbocycles. The number of benzene rings is 1. The third-order valence-electron chi connectivity index (χ3n) is 6.74. The first-order chi connectivity index (χ1) is 17.8. The highest BCUT2D eigenvalue weighted by molar-refractivity contribution is 7.94. The van der Waals surface area contributed by atoms with Crippen LogP contribution < -0.4 is 4.74 Å². The maximum atomic E-state index is 14.5. The zero-order chi connectivity index (χ0) is 30.9. The number of sulfone groups is 1. The molecule has 0 N–H and O–H groups in total. The molecule has 0 aromatic heterocycles. The molecular weight excluding hydrogens is 542 g/mol. The van der Waals surface area contributed by atoms with Gasteiger partial charge in [0.25, 0.3) is 5.69 Å². The predicted octanol–water partition coefficient (Wildman–Crippen LogP) is 5.52. The molecule has 2 aliphatic heterocycles. The van der Waals surface area contributed by atoms with E-state index in [0.29, 0.717) is 4.90 Å². The van der Waals surface area contributed by atoms with Gasteiger partial charge < -0.3 is 14.2 Å². The lowest BCUT2D eigenvalue weighted by molar-refractivity contribution is -0.385. The highest BCUT2D eigenvalue weighted by atomic mass is 32.2. The Hall–Kier alpha value is -3.22. The molecule has 0 saturated carbocycles. The molecule has 0 unspecified atom stereocenters. The topological polar surface area (TPSA) is 155 Å². The minimum Gasteiger partial charge on any atom is -0.487 e. The molecule has 1 aromatic rings. The van der Waals surface area contributed by atoms with Gasteiger partial charge in [-0.05, 0) is 82.2 Å². The van der Waals surface area contributed by atoms with E-state index in [4.69, 9.17) is 19.2 Å². The van der Waals surface area contributed by atoms with Crippen molar-refractivity contribution in [2.24, 2.45) is 4.99 Å². The molecule has 40 heavy (non-hydrogen) atoms. The molecule has 2 amide bonds. The van der Waals surface area contributed by atoms with Crippen molar-refractivity contribution in [2.45, 2.75) is 115 Å². The van der Waals surface area contributed by atoms with Gasteiger partial charge in [-0.1, -0.05) is 0 Å². The van der Waals surface area contributed by atoms with Gasteiger partial charge in [0.2, 0.25) is 0 Å². The van der Waals surface area contributed by atoms with E-state index in [0.717, 1.165) is 0 Å². The van der Waals surface area contributed by atoms with E-state index < -0.39 is 65.1 Å². The van der Waals surface area contributed by atoms with Gasteiger partial charge in [-0.3, -0.25) is 15.1 Å². The molecular formula is C27H39N3O9S. The van der Waals surface area contributed by atoms with Crippen molar-refractivity contribution in [3.05, 3.63) is 33.9 Å². The Morgan fingerprint density at radius 3 is 1.98 bits per heavy atom. The van der Waals surface area contributed by atoms with Gasteiger partial charge in [-0.25, -0.2) is 18.0 Å². The molecule has 12 nitrogen and oxygen atoms in total. The number of amides is 2. The number of nitro groups is 1. The van der Waals surface area contributed by atoms with Crippen LogP contribution in [0.4, 0.5) is 15.3 Å². The SMILES string of the molecule is CC(C)(C)OC(=O)N(C(=O)OC(C)(C)C)C1=N[C@]2(C)c3cc([N+](=O)[O-])ccc3OC(C)(C)C[C@H]2S(=O)(=O)C1(C)C. The lowest BCUT2D eigenvalue weighted by atomic mass is 9.84. The number of aliphatic imine (C=N–C) groups is 1. The summed E-state index contributed by atoms with van der Waals surface area (Å²) < 4.78 is 44.2. The maximum Gasteiger partial charge on any atom is 0.425 e. The van der Waals surface area contributed by atoms with Gasteiger partial charge in [0, 0.05) is 24.1 Å². The minimum atomic E-state index is -4.28. The van der Waals surface area contributed by atoms with Gasteiger partial charge in [-0.15, -0.1) is 0 Å². The van der Waals surface area contributed by atoms with Gasteiger partial charge >= 0.3 is 12.2 Å². The summed E-state index contributed by atoms with van der Waals surface area (Å²) in [5, 5.41) is 10.5. The monoisotopic (exact) mass is 581 g/mol. The van der Waals surface area contributed by atoms with Crippen molar-refractivity contribution in [2.75, 3.05) is 0 Å². The molecule has 2 aliphatic rings.